The van der Waals surface area contributed by atoms with Crippen molar-refractivity contribution < 1.29 is 4.92 Å². The number of benzene rings is 2. The highest BCUT2D eigenvalue weighted by Crippen LogP contribution is 2.33. The molecule has 0 amide bonds. The number of aromatic nitrogens is 5. The van der Waals surface area contributed by atoms with E-state index in [1.54, 1.807) is 30.2 Å². The molecule has 3 aromatic heterocycles. The fraction of sp³-hybridized carbons (Fsp3) is 0.160. The maximum Gasteiger partial charge on any atom is 0.277 e. The first-order valence-corrected chi connectivity index (χ1v) is 10.8. The molecular weight excluding hydrogens is 430 g/mol. The molecule has 0 saturated carbocycles. The average Bonchev–Trinajstić information content (AvgIpc) is 3.46. The van der Waals surface area contributed by atoms with Crippen molar-refractivity contribution in [2.75, 3.05) is 5.32 Å². The molecule has 1 unspecified atom stereocenters. The number of rotatable bonds is 6. The molecule has 0 bridgehead atoms. The zero-order chi connectivity index (χ0) is 23.8. The Morgan fingerprint density at radius 2 is 1.94 bits per heavy atom. The molecule has 9 nitrogen and oxygen atoms in total. The van der Waals surface area contributed by atoms with Gasteiger partial charge in [0.2, 0.25) is 0 Å². The number of nitrogens with zero attached hydrogens (tertiary/aromatic N) is 5. The van der Waals surface area contributed by atoms with Crippen molar-refractivity contribution in [3.8, 4) is 22.4 Å². The molecule has 2 aromatic carbocycles. The number of aryl methyl sites for hydroxylation is 2. The van der Waals surface area contributed by atoms with Crippen molar-refractivity contribution in [1.82, 2.24) is 24.7 Å². The third-order valence-corrected chi connectivity index (χ3v) is 5.79. The standard InChI is InChI=1S/C25H23N7O2/c1-15(18-6-7-24(32(33)34)21(10-18)20-13-27-31(3)14-20)28-25-12-23(29-16(2)30-25)19-5-4-17-8-9-26-22(17)11-19/h4-15,26H,1-3H3,(H,28,29,30). The van der Waals surface area contributed by atoms with Crippen LogP contribution in [0.4, 0.5) is 11.5 Å². The average molecular weight is 454 g/mol. The van der Waals surface area contributed by atoms with Crippen LogP contribution in [0.2, 0.25) is 0 Å². The van der Waals surface area contributed by atoms with Gasteiger partial charge in [0.1, 0.15) is 11.6 Å². The quantitative estimate of drug-likeness (QED) is 0.262. The van der Waals surface area contributed by atoms with Crippen LogP contribution in [0.3, 0.4) is 0 Å². The molecule has 170 valence electrons. The molecule has 0 radical (unpaired) electrons. The van der Waals surface area contributed by atoms with Gasteiger partial charge >= 0.3 is 0 Å². The molecule has 0 aliphatic rings. The predicted octanol–water partition coefficient (Wildman–Crippen LogP) is 5.42. The summed E-state index contributed by atoms with van der Waals surface area (Å²) in [6.45, 7) is 3.86. The molecule has 0 fully saturated rings. The summed E-state index contributed by atoms with van der Waals surface area (Å²) in [4.78, 5) is 23.6. The number of nitro benzene ring substituents is 1. The van der Waals surface area contributed by atoms with Gasteiger partial charge in [-0.05, 0) is 43.0 Å². The van der Waals surface area contributed by atoms with Crippen LogP contribution >= 0.6 is 0 Å². The molecule has 3 heterocycles. The Hall–Kier alpha value is -4.53. The third kappa shape index (κ3) is 4.11. The predicted molar refractivity (Wildman–Crippen MR) is 131 cm³/mol. The minimum Gasteiger partial charge on any atom is -0.363 e. The van der Waals surface area contributed by atoms with Crippen LogP contribution in [0.25, 0.3) is 33.3 Å². The second-order valence-electron chi connectivity index (χ2n) is 8.27. The molecule has 0 aliphatic carbocycles. The molecule has 5 rings (SSSR count). The Kier molecular flexibility index (Phi) is 5.29. The lowest BCUT2D eigenvalue weighted by Crippen LogP contribution is -2.10. The molecule has 0 spiro atoms. The smallest absolute Gasteiger partial charge is 0.277 e. The summed E-state index contributed by atoms with van der Waals surface area (Å²) in [6.07, 6.45) is 5.31. The zero-order valence-electron chi connectivity index (χ0n) is 19.0. The lowest BCUT2D eigenvalue weighted by atomic mass is 10.00. The molecule has 9 heteroatoms. The second-order valence-corrected chi connectivity index (χ2v) is 8.27. The summed E-state index contributed by atoms with van der Waals surface area (Å²) in [7, 11) is 1.78. The summed E-state index contributed by atoms with van der Waals surface area (Å²) in [5.74, 6) is 1.33. The number of H-pyrrole nitrogens is 1. The van der Waals surface area contributed by atoms with Gasteiger partial charge in [0.15, 0.2) is 0 Å². The highest BCUT2D eigenvalue weighted by Gasteiger charge is 2.19. The van der Waals surface area contributed by atoms with Crippen molar-refractivity contribution in [2.45, 2.75) is 19.9 Å². The van der Waals surface area contributed by atoms with Crippen molar-refractivity contribution in [3.63, 3.8) is 0 Å². The normalized spacial score (nSPS) is 12.1. The lowest BCUT2D eigenvalue weighted by molar-refractivity contribution is -0.384. The highest BCUT2D eigenvalue weighted by molar-refractivity contribution is 5.84. The minimum atomic E-state index is -0.370. The van der Waals surface area contributed by atoms with Crippen LogP contribution in [0.15, 0.2) is 67.1 Å². The van der Waals surface area contributed by atoms with Crippen LogP contribution in [0.5, 0.6) is 0 Å². The topological polar surface area (TPSA) is 115 Å². The summed E-state index contributed by atoms with van der Waals surface area (Å²) in [5, 5.41) is 20.3. The van der Waals surface area contributed by atoms with E-state index in [-0.39, 0.29) is 16.7 Å². The third-order valence-electron chi connectivity index (χ3n) is 5.79. The fourth-order valence-electron chi connectivity index (χ4n) is 4.08. The maximum absolute atomic E-state index is 11.6. The van der Waals surface area contributed by atoms with E-state index < -0.39 is 0 Å². The Morgan fingerprint density at radius 1 is 1.09 bits per heavy atom. The van der Waals surface area contributed by atoms with E-state index in [1.807, 2.05) is 44.3 Å². The van der Waals surface area contributed by atoms with E-state index in [4.69, 9.17) is 0 Å². The van der Waals surface area contributed by atoms with Gasteiger partial charge < -0.3 is 10.3 Å². The van der Waals surface area contributed by atoms with E-state index in [2.05, 4.69) is 37.5 Å². The second kappa shape index (κ2) is 8.43. The summed E-state index contributed by atoms with van der Waals surface area (Å²) >= 11 is 0. The largest absolute Gasteiger partial charge is 0.363 e. The van der Waals surface area contributed by atoms with Crippen LogP contribution < -0.4 is 5.32 Å². The Bertz CT molecular complexity index is 1520. The molecule has 0 aliphatic heterocycles. The van der Waals surface area contributed by atoms with Gasteiger partial charge in [0.25, 0.3) is 5.69 Å². The van der Waals surface area contributed by atoms with Gasteiger partial charge in [-0.15, -0.1) is 0 Å². The SMILES string of the molecule is Cc1nc(NC(C)c2ccc([N+](=O)[O-])c(-c3cnn(C)c3)c2)cc(-c2ccc3cc[nH]c3c2)n1. The molecular formula is C25H23N7O2. The van der Waals surface area contributed by atoms with Gasteiger partial charge in [-0.1, -0.05) is 18.2 Å². The van der Waals surface area contributed by atoms with Gasteiger partial charge in [-0.25, -0.2) is 9.97 Å². The summed E-state index contributed by atoms with van der Waals surface area (Å²) in [5.41, 5.74) is 5.03. The molecule has 1 atom stereocenters. The van der Waals surface area contributed by atoms with E-state index >= 15 is 0 Å². The molecule has 5 aromatic rings. The molecule has 34 heavy (non-hydrogen) atoms. The number of hydrogen-bond acceptors (Lipinski definition) is 6. The van der Waals surface area contributed by atoms with Crippen molar-refractivity contribution in [1.29, 1.82) is 0 Å². The highest BCUT2D eigenvalue weighted by atomic mass is 16.6. The summed E-state index contributed by atoms with van der Waals surface area (Å²) < 4.78 is 1.63. The molecule has 0 saturated heterocycles. The number of nitrogens with one attached hydrogen (secondary N) is 2. The van der Waals surface area contributed by atoms with Crippen LogP contribution in [0.1, 0.15) is 24.4 Å². The first-order chi connectivity index (χ1) is 16.4. The van der Waals surface area contributed by atoms with Gasteiger partial charge in [0, 0.05) is 54.3 Å². The number of fused-ring (bicyclic) bond motifs is 1. The fourth-order valence-corrected chi connectivity index (χ4v) is 4.08. The lowest BCUT2D eigenvalue weighted by Gasteiger charge is -2.17. The van der Waals surface area contributed by atoms with Crippen LogP contribution in [0, 0.1) is 17.0 Å². The Morgan fingerprint density at radius 3 is 2.71 bits per heavy atom. The van der Waals surface area contributed by atoms with Gasteiger partial charge in [0.05, 0.1) is 22.4 Å². The zero-order valence-corrected chi connectivity index (χ0v) is 19.0. The van der Waals surface area contributed by atoms with E-state index in [0.29, 0.717) is 22.8 Å². The molecule has 2 N–H and O–H groups in total. The maximum atomic E-state index is 11.6. The van der Waals surface area contributed by atoms with E-state index in [1.165, 1.54) is 6.07 Å². The Balaban J connectivity index is 1.46. The van der Waals surface area contributed by atoms with Crippen molar-refractivity contribution >= 4 is 22.4 Å². The monoisotopic (exact) mass is 453 g/mol. The number of aromatic amines is 1. The van der Waals surface area contributed by atoms with Crippen LogP contribution in [-0.2, 0) is 7.05 Å². The Labute approximate surface area is 195 Å². The minimum absolute atomic E-state index is 0.0452. The first kappa shape index (κ1) is 21.3. The van der Waals surface area contributed by atoms with Crippen molar-refractivity contribution in [2.24, 2.45) is 7.05 Å². The van der Waals surface area contributed by atoms with Gasteiger partial charge in [-0.3, -0.25) is 14.8 Å². The number of nitro groups is 1. The number of hydrogen-bond donors (Lipinski definition) is 2. The van der Waals surface area contributed by atoms with Gasteiger partial charge in [-0.2, -0.15) is 5.10 Å². The summed E-state index contributed by atoms with van der Waals surface area (Å²) in [6, 6.07) is 15.1. The van der Waals surface area contributed by atoms with Crippen molar-refractivity contribution in [3.05, 3.63) is 88.6 Å². The van der Waals surface area contributed by atoms with E-state index in [0.717, 1.165) is 27.7 Å². The first-order valence-electron chi connectivity index (χ1n) is 10.8. The van der Waals surface area contributed by atoms with E-state index in [9.17, 15) is 10.1 Å². The van der Waals surface area contributed by atoms with Crippen LogP contribution in [-0.4, -0.2) is 29.7 Å². The number of anilines is 1.